The number of nitrogens with one attached hydrogen (secondary N) is 4. The average molecular weight is 614 g/mol. The molecule has 0 bridgehead atoms. The highest BCUT2D eigenvalue weighted by molar-refractivity contribution is 5.81. The largest absolute Gasteiger partial charge is 0.377 e. The van der Waals surface area contributed by atoms with Gasteiger partial charge in [-0.25, -0.2) is 0 Å². The van der Waals surface area contributed by atoms with Gasteiger partial charge in [0, 0.05) is 25.7 Å². The van der Waals surface area contributed by atoms with Crippen molar-refractivity contribution in [2.75, 3.05) is 79.3 Å². The fourth-order valence-electron chi connectivity index (χ4n) is 2.84. The fraction of sp³-hybridized carbons (Fsp3) is 0.846. The number of aliphatic hydroxyl groups is 2. The number of hydroxylamine groups is 1. The molecular weight excluding hydrogens is 558 g/mol. The predicted octanol–water partition coefficient (Wildman–Crippen LogP) is -1.80. The zero-order chi connectivity index (χ0) is 32.3. The first-order chi connectivity index (χ1) is 20.2. The highest BCUT2D eigenvalue weighted by Crippen LogP contribution is 2.01. The van der Waals surface area contributed by atoms with E-state index in [0.717, 1.165) is 6.42 Å². The van der Waals surface area contributed by atoms with Crippen molar-refractivity contribution in [3.63, 3.8) is 0 Å². The first kappa shape index (κ1) is 44.2. The second-order valence-corrected chi connectivity index (χ2v) is 8.80. The molecule has 0 aromatic carbocycles. The number of nitrogens with two attached hydrogens (primary N) is 1. The van der Waals surface area contributed by atoms with Gasteiger partial charge in [0.25, 0.3) is 0 Å². The van der Waals surface area contributed by atoms with Crippen molar-refractivity contribution in [2.45, 2.75) is 65.0 Å². The van der Waals surface area contributed by atoms with Crippen LogP contribution in [0.2, 0.25) is 0 Å². The fourth-order valence-corrected chi connectivity index (χ4v) is 2.84. The third-order valence-electron chi connectivity index (χ3n) is 4.89. The summed E-state index contributed by atoms with van der Waals surface area (Å²) in [7, 11) is 0. The molecule has 0 aromatic rings. The zero-order valence-electron chi connectivity index (χ0n) is 25.4. The van der Waals surface area contributed by atoms with Crippen molar-refractivity contribution in [3.8, 4) is 0 Å². The molecule has 16 heteroatoms. The maximum absolute atomic E-state index is 11.6. The van der Waals surface area contributed by atoms with Crippen LogP contribution >= 0.6 is 0 Å². The van der Waals surface area contributed by atoms with E-state index in [4.69, 9.17) is 40.1 Å². The molecule has 0 rings (SSSR count). The summed E-state index contributed by atoms with van der Waals surface area (Å²) >= 11 is 0. The molecule has 2 atom stereocenters. The van der Waals surface area contributed by atoms with Gasteiger partial charge in [0.05, 0.1) is 45.7 Å². The van der Waals surface area contributed by atoms with Crippen LogP contribution in [0.15, 0.2) is 0 Å². The number of ether oxygens (including phenoxy) is 4. The van der Waals surface area contributed by atoms with E-state index in [-0.39, 0.29) is 50.6 Å². The summed E-state index contributed by atoms with van der Waals surface area (Å²) in [4.78, 5) is 44.3. The van der Waals surface area contributed by atoms with Crippen LogP contribution in [0.25, 0.3) is 0 Å². The number of ketones is 1. The molecule has 0 saturated carbocycles. The third-order valence-corrected chi connectivity index (χ3v) is 4.89. The Bertz CT molecular complexity index is 631. The number of Topliss-reactive ketones (excluding diaryl/α,β-unsaturated/α-hetero) is 1. The molecule has 0 heterocycles. The van der Waals surface area contributed by atoms with E-state index in [2.05, 4.69) is 22.9 Å². The number of hydrogen-bond acceptors (Lipinski definition) is 13. The van der Waals surface area contributed by atoms with Crippen molar-refractivity contribution in [3.05, 3.63) is 0 Å². The van der Waals surface area contributed by atoms with Crippen LogP contribution in [0.4, 0.5) is 0 Å². The maximum atomic E-state index is 11.6. The van der Waals surface area contributed by atoms with Crippen molar-refractivity contribution in [2.24, 2.45) is 5.73 Å². The Morgan fingerprint density at radius 1 is 0.810 bits per heavy atom. The molecule has 9 N–H and O–H groups in total. The molecule has 0 radical (unpaired) electrons. The third kappa shape index (κ3) is 39.9. The molecule has 16 nitrogen and oxygen atoms in total. The molecule has 0 saturated heterocycles. The van der Waals surface area contributed by atoms with Crippen molar-refractivity contribution >= 4 is 24.0 Å². The molecule has 0 spiro atoms. The van der Waals surface area contributed by atoms with Gasteiger partial charge in [-0.15, -0.1) is 0 Å². The number of unbranched alkanes of at least 4 members (excludes halogenated alkanes) is 1. The number of carbonyl (C=O) groups is 4. The first-order valence-electron chi connectivity index (χ1n) is 14.1. The molecule has 0 aromatic heterocycles. The Morgan fingerprint density at radius 3 is 1.74 bits per heavy atom. The molecule has 250 valence electrons. The summed E-state index contributed by atoms with van der Waals surface area (Å²) in [6.45, 7) is 7.71. The molecule has 42 heavy (non-hydrogen) atoms. The van der Waals surface area contributed by atoms with Crippen LogP contribution < -0.4 is 27.2 Å². The van der Waals surface area contributed by atoms with Gasteiger partial charge in [0.1, 0.15) is 25.8 Å². The Kier molecular flexibility index (Phi) is 38.6. The van der Waals surface area contributed by atoms with Gasteiger partial charge < -0.3 is 56.1 Å². The lowest BCUT2D eigenvalue weighted by Crippen LogP contribution is -2.33. The van der Waals surface area contributed by atoms with Crippen LogP contribution in [0.5, 0.6) is 0 Å². The highest BCUT2D eigenvalue weighted by Gasteiger charge is 2.11. The smallest absolute Gasteiger partial charge is 0.246 e. The summed E-state index contributed by atoms with van der Waals surface area (Å²) < 4.78 is 20.8. The normalized spacial score (nSPS) is 11.6. The molecule has 0 aliphatic carbocycles. The van der Waals surface area contributed by atoms with Gasteiger partial charge in [0.15, 0.2) is 0 Å². The minimum absolute atomic E-state index is 0.0796. The van der Waals surface area contributed by atoms with Crippen LogP contribution in [-0.4, -0.2) is 131 Å². The van der Waals surface area contributed by atoms with E-state index in [1.54, 1.807) is 0 Å². The van der Waals surface area contributed by atoms with Crippen LogP contribution in [0.3, 0.4) is 0 Å². The van der Waals surface area contributed by atoms with Gasteiger partial charge in [-0.2, -0.15) is 5.48 Å². The first-order valence-corrected chi connectivity index (χ1v) is 14.1. The number of amides is 3. The Labute approximate surface area is 249 Å². The van der Waals surface area contributed by atoms with Gasteiger partial charge in [-0.3, -0.25) is 19.2 Å². The number of rotatable bonds is 26. The Morgan fingerprint density at radius 2 is 1.31 bits per heavy atom. The van der Waals surface area contributed by atoms with Crippen LogP contribution in [0.1, 0.15) is 52.9 Å². The second kappa shape index (κ2) is 36.7. The molecule has 0 fully saturated rings. The predicted molar refractivity (Wildman–Crippen MR) is 154 cm³/mol. The molecule has 0 aliphatic rings. The monoisotopic (exact) mass is 613 g/mol. The van der Waals surface area contributed by atoms with Crippen molar-refractivity contribution in [1.82, 2.24) is 21.4 Å². The average Bonchev–Trinajstić information content (AvgIpc) is 2.94. The summed E-state index contributed by atoms with van der Waals surface area (Å²) in [6.07, 6.45) is 4.83. The van der Waals surface area contributed by atoms with E-state index in [1.165, 1.54) is 13.3 Å². The number of carbonyl (C=O) groups excluding carboxylic acids is 4. The van der Waals surface area contributed by atoms with E-state index in [1.807, 2.05) is 12.4 Å². The molecular formula is C26H55N5O11. The maximum Gasteiger partial charge on any atom is 0.246 e. The Balaban J connectivity index is -0.00000146. The molecule has 0 unspecified atom stereocenters. The lowest BCUT2D eigenvalue weighted by Gasteiger charge is -2.11. The van der Waals surface area contributed by atoms with Crippen molar-refractivity contribution in [1.29, 1.82) is 0 Å². The molecule has 0 aliphatic heterocycles. The van der Waals surface area contributed by atoms with Crippen LogP contribution in [-0.2, 0) is 38.1 Å². The number of hydrogen-bond donors (Lipinski definition) is 8. The summed E-state index contributed by atoms with van der Waals surface area (Å²) in [5.74, 6) is -0.639. The standard InChI is InChI=1S/C20H38N4O9.C5H13N.CH4O2/c1-17(26)18(24-29)4-2-3-5-22-19(27)14-32-13-11-31-9-7-23-20(28)15-33-12-10-30-8-6-21-16-25;1-3-4-5(2)6;2-1-3/h16,18,24,29H,2-15H2,1H3,(H,21,25)(H,22,27)(H,23,28);5H,3-4,6H2,1-2H3;2-3H,1H2/t18-;5-;/m01./s1. The second-order valence-electron chi connectivity index (χ2n) is 8.80. The van der Waals surface area contributed by atoms with Gasteiger partial charge in [-0.05, 0) is 39.5 Å². The summed E-state index contributed by atoms with van der Waals surface area (Å²) in [5, 5.41) is 30.9. The summed E-state index contributed by atoms with van der Waals surface area (Å²) in [6, 6.07) is -0.171. The van der Waals surface area contributed by atoms with E-state index >= 15 is 0 Å². The van der Waals surface area contributed by atoms with E-state index in [9.17, 15) is 19.2 Å². The van der Waals surface area contributed by atoms with Crippen molar-refractivity contribution < 1.29 is 53.5 Å². The lowest BCUT2D eigenvalue weighted by atomic mass is 10.1. The van der Waals surface area contributed by atoms with Gasteiger partial charge in [0.2, 0.25) is 18.2 Å². The molecule has 3 amide bonds. The van der Waals surface area contributed by atoms with Gasteiger partial charge >= 0.3 is 0 Å². The quantitative estimate of drug-likeness (QED) is 0.0233. The minimum Gasteiger partial charge on any atom is -0.377 e. The Hall–Kier alpha value is -2.28. The SMILES string of the molecule is CC(=O)[C@H](CCCCNC(=O)COCCOCCNC(=O)COCCOCCNC=O)NO.CCC[C@@H](C)N.OCO. The van der Waals surface area contributed by atoms with Gasteiger partial charge in [-0.1, -0.05) is 13.3 Å². The zero-order valence-corrected chi connectivity index (χ0v) is 25.4. The van der Waals surface area contributed by atoms with E-state index in [0.29, 0.717) is 71.2 Å². The topological polar surface area (TPSA) is 240 Å². The minimum atomic E-state index is -0.750. The van der Waals surface area contributed by atoms with E-state index < -0.39 is 12.8 Å². The summed E-state index contributed by atoms with van der Waals surface area (Å²) in [5.41, 5.74) is 7.37. The lowest BCUT2D eigenvalue weighted by molar-refractivity contribution is -0.127. The van der Waals surface area contributed by atoms with Crippen LogP contribution in [0, 0.1) is 0 Å². The highest BCUT2D eigenvalue weighted by atomic mass is 16.5. The number of aliphatic hydroxyl groups excluding tert-OH is 1.